The molecule has 0 radical (unpaired) electrons. The average Bonchev–Trinajstić information content (AvgIpc) is 2.65. The van der Waals surface area contributed by atoms with Crippen LogP contribution in [-0.4, -0.2) is 19.9 Å². The van der Waals surface area contributed by atoms with Gasteiger partial charge in [-0.25, -0.2) is 4.68 Å². The molecule has 0 fully saturated rings. The van der Waals surface area contributed by atoms with Crippen LogP contribution in [0.4, 0.5) is 0 Å². The third-order valence-corrected chi connectivity index (χ3v) is 2.21. The largest absolute Gasteiger partial charge is 0.387 e. The smallest absolute Gasteiger partial charge is 0.0931 e. The summed E-state index contributed by atoms with van der Waals surface area (Å²) in [5.41, 5.74) is 1.45. The second kappa shape index (κ2) is 4.00. The molecule has 0 bridgehead atoms. The van der Waals surface area contributed by atoms with Crippen LogP contribution in [0.1, 0.15) is 18.7 Å². The Kier molecular flexibility index (Phi) is 2.70. The van der Waals surface area contributed by atoms with Crippen LogP contribution in [0.2, 0.25) is 5.02 Å². The predicted octanol–water partition coefficient (Wildman–Crippen LogP) is 1.97. The molecule has 0 aliphatic heterocycles. The molecule has 2 aromatic rings. The van der Waals surface area contributed by atoms with Crippen molar-refractivity contribution in [2.24, 2.45) is 0 Å². The lowest BCUT2D eigenvalue weighted by molar-refractivity contribution is 0.194. The highest BCUT2D eigenvalue weighted by atomic mass is 35.5. The van der Waals surface area contributed by atoms with Gasteiger partial charge in [0.25, 0.3) is 0 Å². The first-order valence-electron chi connectivity index (χ1n) is 4.51. The van der Waals surface area contributed by atoms with Crippen molar-refractivity contribution in [1.82, 2.24) is 14.8 Å². The maximum Gasteiger partial charge on any atom is 0.0931 e. The zero-order valence-electron chi connectivity index (χ0n) is 8.13. The van der Waals surface area contributed by atoms with Gasteiger partial charge in [-0.1, -0.05) is 11.6 Å². The molecule has 2 rings (SSSR count). The summed E-state index contributed by atoms with van der Waals surface area (Å²) in [6, 6.07) is 3.59. The minimum Gasteiger partial charge on any atom is -0.387 e. The first-order chi connectivity index (χ1) is 7.16. The lowest BCUT2D eigenvalue weighted by Gasteiger charge is -2.04. The van der Waals surface area contributed by atoms with Crippen molar-refractivity contribution in [1.29, 1.82) is 0 Å². The summed E-state index contributed by atoms with van der Waals surface area (Å²) in [6.45, 7) is 1.67. The zero-order chi connectivity index (χ0) is 10.8. The molecular formula is C10H10ClN3O. The molecule has 0 saturated heterocycles. The molecule has 0 aromatic carbocycles. The molecule has 1 unspecified atom stereocenters. The van der Waals surface area contributed by atoms with E-state index in [2.05, 4.69) is 10.1 Å². The standard InChI is InChI=1S/C10H10ClN3O/c1-7(15)10-3-2-9(5-12-10)14-6-8(11)4-13-14/h2-7,15H,1H3. The van der Waals surface area contributed by atoms with E-state index >= 15 is 0 Å². The van der Waals surface area contributed by atoms with Crippen LogP contribution in [0.5, 0.6) is 0 Å². The van der Waals surface area contributed by atoms with Crippen molar-refractivity contribution in [3.63, 3.8) is 0 Å². The molecule has 1 N–H and O–H groups in total. The van der Waals surface area contributed by atoms with Gasteiger partial charge in [0.05, 0.1) is 34.9 Å². The van der Waals surface area contributed by atoms with Gasteiger partial charge in [-0.05, 0) is 19.1 Å². The number of nitrogens with zero attached hydrogens (tertiary/aromatic N) is 3. The normalized spacial score (nSPS) is 12.7. The van der Waals surface area contributed by atoms with Crippen molar-refractivity contribution < 1.29 is 5.11 Å². The molecule has 4 nitrogen and oxygen atoms in total. The number of aliphatic hydroxyl groups excluding tert-OH is 1. The van der Waals surface area contributed by atoms with Gasteiger partial charge < -0.3 is 5.11 Å². The van der Waals surface area contributed by atoms with E-state index in [-0.39, 0.29) is 0 Å². The summed E-state index contributed by atoms with van der Waals surface area (Å²) in [5.74, 6) is 0. The van der Waals surface area contributed by atoms with Gasteiger partial charge in [-0.3, -0.25) is 4.98 Å². The van der Waals surface area contributed by atoms with Crippen molar-refractivity contribution in [3.05, 3.63) is 41.4 Å². The Morgan fingerprint density at radius 3 is 2.67 bits per heavy atom. The Hall–Kier alpha value is -1.39. The van der Waals surface area contributed by atoms with Crippen LogP contribution in [0.3, 0.4) is 0 Å². The topological polar surface area (TPSA) is 50.9 Å². The Bertz CT molecular complexity index is 450. The van der Waals surface area contributed by atoms with Gasteiger partial charge in [-0.15, -0.1) is 0 Å². The third kappa shape index (κ3) is 2.16. The van der Waals surface area contributed by atoms with Crippen LogP contribution < -0.4 is 0 Å². The molecule has 0 aliphatic rings. The van der Waals surface area contributed by atoms with Crippen molar-refractivity contribution in [3.8, 4) is 5.69 Å². The van der Waals surface area contributed by atoms with E-state index in [0.717, 1.165) is 5.69 Å². The molecule has 5 heteroatoms. The zero-order valence-corrected chi connectivity index (χ0v) is 8.89. The van der Waals surface area contributed by atoms with Gasteiger partial charge >= 0.3 is 0 Å². The Labute approximate surface area is 92.1 Å². The second-order valence-electron chi connectivity index (χ2n) is 3.22. The summed E-state index contributed by atoms with van der Waals surface area (Å²) >= 11 is 5.75. The highest BCUT2D eigenvalue weighted by molar-refractivity contribution is 6.30. The van der Waals surface area contributed by atoms with E-state index < -0.39 is 6.10 Å². The SMILES string of the molecule is CC(O)c1ccc(-n2cc(Cl)cn2)cn1. The van der Waals surface area contributed by atoms with Crippen LogP contribution in [0, 0.1) is 0 Å². The van der Waals surface area contributed by atoms with E-state index in [1.165, 1.54) is 0 Å². The number of aromatic nitrogens is 3. The molecule has 1 atom stereocenters. The van der Waals surface area contributed by atoms with E-state index in [0.29, 0.717) is 10.7 Å². The molecular weight excluding hydrogens is 214 g/mol. The van der Waals surface area contributed by atoms with Crippen LogP contribution >= 0.6 is 11.6 Å². The second-order valence-corrected chi connectivity index (χ2v) is 3.66. The lowest BCUT2D eigenvalue weighted by atomic mass is 10.2. The summed E-state index contributed by atoms with van der Waals surface area (Å²) in [7, 11) is 0. The summed E-state index contributed by atoms with van der Waals surface area (Å²) in [4.78, 5) is 4.11. The minimum atomic E-state index is -0.555. The monoisotopic (exact) mass is 223 g/mol. The van der Waals surface area contributed by atoms with Crippen molar-refractivity contribution >= 4 is 11.6 Å². The van der Waals surface area contributed by atoms with Gasteiger partial charge in [0.2, 0.25) is 0 Å². The number of halogens is 1. The highest BCUT2D eigenvalue weighted by Crippen LogP contribution is 2.13. The fraction of sp³-hybridized carbons (Fsp3) is 0.200. The molecule has 2 aromatic heterocycles. The van der Waals surface area contributed by atoms with Crippen LogP contribution in [0.15, 0.2) is 30.7 Å². The van der Waals surface area contributed by atoms with Crippen molar-refractivity contribution in [2.45, 2.75) is 13.0 Å². The first kappa shape index (κ1) is 10.1. The van der Waals surface area contributed by atoms with E-state index in [1.807, 2.05) is 6.07 Å². The average molecular weight is 224 g/mol. The van der Waals surface area contributed by atoms with Crippen LogP contribution in [-0.2, 0) is 0 Å². The van der Waals surface area contributed by atoms with E-state index in [1.54, 1.807) is 36.3 Å². The number of pyridine rings is 1. The number of rotatable bonds is 2. The molecule has 0 aliphatic carbocycles. The number of hydrogen-bond acceptors (Lipinski definition) is 3. The van der Waals surface area contributed by atoms with Gasteiger partial charge in [0.15, 0.2) is 0 Å². The Balaban J connectivity index is 2.31. The summed E-state index contributed by atoms with van der Waals surface area (Å²) < 4.78 is 1.63. The fourth-order valence-corrected chi connectivity index (χ4v) is 1.36. The van der Waals surface area contributed by atoms with Gasteiger partial charge in [0, 0.05) is 6.20 Å². The van der Waals surface area contributed by atoms with Gasteiger partial charge in [-0.2, -0.15) is 5.10 Å². The van der Waals surface area contributed by atoms with E-state index in [4.69, 9.17) is 11.6 Å². The van der Waals surface area contributed by atoms with Crippen LogP contribution in [0.25, 0.3) is 5.69 Å². The maximum atomic E-state index is 9.28. The van der Waals surface area contributed by atoms with Gasteiger partial charge in [0.1, 0.15) is 0 Å². The molecule has 0 amide bonds. The lowest BCUT2D eigenvalue weighted by Crippen LogP contribution is -1.99. The molecule has 2 heterocycles. The third-order valence-electron chi connectivity index (χ3n) is 2.01. The number of aliphatic hydroxyl groups is 1. The molecule has 0 spiro atoms. The highest BCUT2D eigenvalue weighted by Gasteiger charge is 2.03. The fourth-order valence-electron chi connectivity index (χ4n) is 1.22. The van der Waals surface area contributed by atoms with E-state index in [9.17, 15) is 5.11 Å². The summed E-state index contributed by atoms with van der Waals surface area (Å²) in [6.07, 6.45) is 4.34. The predicted molar refractivity (Wildman–Crippen MR) is 57.0 cm³/mol. The Morgan fingerprint density at radius 2 is 2.20 bits per heavy atom. The van der Waals surface area contributed by atoms with Crippen molar-refractivity contribution in [2.75, 3.05) is 0 Å². The summed E-state index contributed by atoms with van der Waals surface area (Å²) in [5, 5.41) is 13.9. The maximum absolute atomic E-state index is 9.28. The first-order valence-corrected chi connectivity index (χ1v) is 4.89. The molecule has 78 valence electrons. The quantitative estimate of drug-likeness (QED) is 0.847. The Morgan fingerprint density at radius 1 is 1.40 bits per heavy atom. The molecule has 0 saturated carbocycles. The minimum absolute atomic E-state index is 0.555. The molecule has 15 heavy (non-hydrogen) atoms. The number of hydrogen-bond donors (Lipinski definition) is 1.